The topological polar surface area (TPSA) is 61.9 Å². The second kappa shape index (κ2) is 9.18. The van der Waals surface area contributed by atoms with E-state index >= 15 is 0 Å². The number of amides is 2. The Morgan fingerprint density at radius 2 is 1.94 bits per heavy atom. The van der Waals surface area contributed by atoms with Crippen molar-refractivity contribution in [3.63, 3.8) is 0 Å². The van der Waals surface area contributed by atoms with Crippen LogP contribution in [0.25, 0.3) is 0 Å². The Hall–Kier alpha value is -2.86. The zero-order chi connectivity index (χ0) is 22.9. The quantitative estimate of drug-likeness (QED) is 0.703. The zero-order valence-corrected chi connectivity index (χ0v) is 19.5. The third kappa shape index (κ3) is 4.12. The molecule has 6 heteroatoms. The number of benzene rings is 2. The van der Waals surface area contributed by atoms with Crippen LogP contribution in [-0.2, 0) is 4.79 Å². The van der Waals surface area contributed by atoms with Gasteiger partial charge in [-0.1, -0.05) is 37.3 Å². The van der Waals surface area contributed by atoms with Crippen molar-refractivity contribution < 1.29 is 14.3 Å². The second-order valence-electron chi connectivity index (χ2n) is 9.40. The van der Waals surface area contributed by atoms with E-state index < -0.39 is 5.92 Å². The molecule has 0 spiro atoms. The van der Waals surface area contributed by atoms with Crippen molar-refractivity contribution >= 4 is 11.8 Å². The summed E-state index contributed by atoms with van der Waals surface area (Å²) in [6, 6.07) is 15.7. The van der Waals surface area contributed by atoms with E-state index in [4.69, 9.17) is 4.74 Å². The molecule has 2 aliphatic heterocycles. The fourth-order valence-electron chi connectivity index (χ4n) is 5.64. The van der Waals surface area contributed by atoms with Crippen LogP contribution in [0.15, 0.2) is 48.5 Å². The maximum atomic E-state index is 13.8. The van der Waals surface area contributed by atoms with E-state index in [1.165, 1.54) is 6.42 Å². The number of methoxy groups -OCH3 is 1. The van der Waals surface area contributed by atoms with Gasteiger partial charge in [0.25, 0.3) is 5.91 Å². The molecule has 1 saturated carbocycles. The van der Waals surface area contributed by atoms with Gasteiger partial charge in [0.2, 0.25) is 5.91 Å². The van der Waals surface area contributed by atoms with Gasteiger partial charge in [-0.25, -0.2) is 0 Å². The predicted molar refractivity (Wildman–Crippen MR) is 127 cm³/mol. The third-order valence-corrected chi connectivity index (χ3v) is 7.45. The van der Waals surface area contributed by atoms with Gasteiger partial charge in [0, 0.05) is 24.2 Å². The zero-order valence-electron chi connectivity index (χ0n) is 19.5. The summed E-state index contributed by atoms with van der Waals surface area (Å²) in [5, 5.41) is 3.27. The second-order valence-corrected chi connectivity index (χ2v) is 9.40. The van der Waals surface area contributed by atoms with Gasteiger partial charge in [-0.3, -0.25) is 14.5 Å². The summed E-state index contributed by atoms with van der Waals surface area (Å²) >= 11 is 0. The average molecular weight is 448 g/mol. The number of likely N-dealkylation sites (N-methyl/N-ethyl adjacent to an activating group) is 1. The van der Waals surface area contributed by atoms with E-state index in [9.17, 15) is 9.59 Å². The monoisotopic (exact) mass is 447 g/mol. The lowest BCUT2D eigenvalue weighted by Gasteiger charge is -2.42. The molecule has 5 rings (SSSR count). The van der Waals surface area contributed by atoms with Crippen LogP contribution in [0.1, 0.15) is 66.1 Å². The lowest BCUT2D eigenvalue weighted by atomic mass is 9.79. The van der Waals surface area contributed by atoms with Crippen molar-refractivity contribution in [2.24, 2.45) is 0 Å². The molecular weight excluding hydrogens is 414 g/mol. The SMILES string of the molecule is CCN1CCC[C@@H]1CNC(=O)[C@H]1c2ccccc2C(=O)N(C2CC2)[C@@H]1c1cccc(OC)c1. The standard InChI is InChI=1S/C27H33N3O3/c1-3-29-15-7-9-20(29)17-28-26(31)24-22-11-4-5-12-23(22)27(32)30(19-13-14-19)25(24)18-8-6-10-21(16-18)33-2/h4-6,8,10-12,16,19-20,24-25H,3,7,9,13-15,17H2,1-2H3,(H,28,31)/t20-,24+,25-/m1/s1. The first-order valence-electron chi connectivity index (χ1n) is 12.2. The van der Waals surface area contributed by atoms with E-state index in [0.717, 1.165) is 49.2 Å². The average Bonchev–Trinajstić information content (AvgIpc) is 3.59. The number of carbonyl (C=O) groups is 2. The van der Waals surface area contributed by atoms with E-state index in [1.807, 2.05) is 53.4 Å². The molecular formula is C27H33N3O3. The fourth-order valence-corrected chi connectivity index (χ4v) is 5.64. The van der Waals surface area contributed by atoms with Crippen LogP contribution in [0, 0.1) is 0 Å². The fraction of sp³-hybridized carbons (Fsp3) is 0.481. The van der Waals surface area contributed by atoms with Gasteiger partial charge in [-0.15, -0.1) is 0 Å². The minimum Gasteiger partial charge on any atom is -0.497 e. The van der Waals surface area contributed by atoms with Gasteiger partial charge < -0.3 is 15.0 Å². The molecule has 1 saturated heterocycles. The molecule has 2 heterocycles. The molecule has 0 bridgehead atoms. The molecule has 0 unspecified atom stereocenters. The highest BCUT2D eigenvalue weighted by Crippen LogP contribution is 2.48. The molecule has 0 radical (unpaired) electrons. The van der Waals surface area contributed by atoms with Crippen LogP contribution in [-0.4, -0.2) is 60.4 Å². The number of nitrogens with one attached hydrogen (secondary N) is 1. The summed E-state index contributed by atoms with van der Waals surface area (Å²) in [6.45, 7) is 4.92. The minimum atomic E-state index is -0.455. The summed E-state index contributed by atoms with van der Waals surface area (Å²) in [7, 11) is 1.64. The molecule has 3 aliphatic rings. The largest absolute Gasteiger partial charge is 0.497 e. The van der Waals surface area contributed by atoms with Gasteiger partial charge in [-0.05, 0) is 68.1 Å². The Kier molecular flexibility index (Phi) is 6.11. The molecule has 0 aromatic heterocycles. The smallest absolute Gasteiger partial charge is 0.254 e. The summed E-state index contributed by atoms with van der Waals surface area (Å²) < 4.78 is 5.48. The van der Waals surface area contributed by atoms with Gasteiger partial charge in [0.1, 0.15) is 5.75 Å². The van der Waals surface area contributed by atoms with Gasteiger partial charge in [-0.2, -0.15) is 0 Å². The molecule has 174 valence electrons. The molecule has 2 aromatic carbocycles. The maximum absolute atomic E-state index is 13.8. The van der Waals surface area contributed by atoms with Crippen molar-refractivity contribution in [2.45, 2.75) is 56.7 Å². The third-order valence-electron chi connectivity index (χ3n) is 7.45. The van der Waals surface area contributed by atoms with Crippen molar-refractivity contribution in [3.05, 3.63) is 65.2 Å². The van der Waals surface area contributed by atoms with E-state index in [0.29, 0.717) is 18.2 Å². The Morgan fingerprint density at radius 3 is 2.70 bits per heavy atom. The first-order valence-corrected chi connectivity index (χ1v) is 12.2. The van der Waals surface area contributed by atoms with Gasteiger partial charge in [0.15, 0.2) is 0 Å². The Labute approximate surface area is 195 Å². The molecule has 33 heavy (non-hydrogen) atoms. The number of hydrogen-bond acceptors (Lipinski definition) is 4. The predicted octanol–water partition coefficient (Wildman–Crippen LogP) is 3.74. The lowest BCUT2D eigenvalue weighted by Crippen LogP contribution is -2.49. The molecule has 2 fully saturated rings. The molecule has 1 N–H and O–H groups in total. The van der Waals surface area contributed by atoms with E-state index in [2.05, 4.69) is 17.1 Å². The minimum absolute atomic E-state index is 0.00336. The van der Waals surface area contributed by atoms with Gasteiger partial charge in [0.05, 0.1) is 19.1 Å². The maximum Gasteiger partial charge on any atom is 0.254 e. The highest BCUT2D eigenvalue weighted by Gasteiger charge is 2.49. The van der Waals surface area contributed by atoms with Crippen molar-refractivity contribution in [3.8, 4) is 5.75 Å². The first-order chi connectivity index (χ1) is 16.1. The van der Waals surface area contributed by atoms with Crippen molar-refractivity contribution in [2.75, 3.05) is 26.7 Å². The highest BCUT2D eigenvalue weighted by molar-refractivity contribution is 6.01. The Balaban J connectivity index is 1.53. The molecule has 3 atom stereocenters. The number of carbonyl (C=O) groups excluding carboxylic acids is 2. The molecule has 1 aliphatic carbocycles. The number of rotatable bonds is 7. The summed E-state index contributed by atoms with van der Waals surface area (Å²) in [4.78, 5) is 31.9. The van der Waals surface area contributed by atoms with Crippen molar-refractivity contribution in [1.82, 2.24) is 15.1 Å². The van der Waals surface area contributed by atoms with Crippen molar-refractivity contribution in [1.29, 1.82) is 0 Å². The number of hydrogen-bond donors (Lipinski definition) is 1. The highest BCUT2D eigenvalue weighted by atomic mass is 16.5. The van der Waals surface area contributed by atoms with E-state index in [-0.39, 0.29) is 23.9 Å². The summed E-state index contributed by atoms with van der Waals surface area (Å²) in [5.74, 6) is 0.302. The van der Waals surface area contributed by atoms with Crippen LogP contribution < -0.4 is 10.1 Å². The Bertz CT molecular complexity index is 1030. The summed E-state index contributed by atoms with van der Waals surface area (Å²) in [6.07, 6.45) is 4.25. The Morgan fingerprint density at radius 1 is 1.12 bits per heavy atom. The van der Waals surface area contributed by atoms with Crippen LogP contribution in [0.3, 0.4) is 0 Å². The number of fused-ring (bicyclic) bond motifs is 1. The molecule has 6 nitrogen and oxygen atoms in total. The number of likely N-dealkylation sites (tertiary alicyclic amines) is 1. The number of ether oxygens (including phenoxy) is 1. The molecule has 2 amide bonds. The van der Waals surface area contributed by atoms with Crippen LogP contribution >= 0.6 is 0 Å². The number of nitrogens with zero attached hydrogens (tertiary/aromatic N) is 2. The first kappa shape index (κ1) is 22.0. The summed E-state index contributed by atoms with van der Waals surface area (Å²) in [5.41, 5.74) is 2.42. The molecule has 2 aromatic rings. The van der Waals surface area contributed by atoms with Crippen LogP contribution in [0.4, 0.5) is 0 Å². The van der Waals surface area contributed by atoms with Gasteiger partial charge >= 0.3 is 0 Å². The van der Waals surface area contributed by atoms with E-state index in [1.54, 1.807) is 7.11 Å². The lowest BCUT2D eigenvalue weighted by molar-refractivity contribution is -0.124. The van der Waals surface area contributed by atoms with Crippen LogP contribution in [0.5, 0.6) is 5.75 Å². The normalized spacial score (nSPS) is 25.1. The van der Waals surface area contributed by atoms with Crippen LogP contribution in [0.2, 0.25) is 0 Å².